The van der Waals surface area contributed by atoms with Crippen LogP contribution < -0.4 is 29.6 Å². The third-order valence-corrected chi connectivity index (χ3v) is 18.8. The Labute approximate surface area is 744 Å². The van der Waals surface area contributed by atoms with Gasteiger partial charge in [0, 0.05) is 56.9 Å². The maximum absolute atomic E-state index is 13.5. The average molecular weight is 1880 g/mol. The summed E-state index contributed by atoms with van der Waals surface area (Å²) in [6.07, 6.45) is 43.8. The third kappa shape index (κ3) is 58.0. The first kappa shape index (κ1) is 123. The molecule has 0 aliphatic rings. The van der Waals surface area contributed by atoms with Crippen molar-refractivity contribution in [3.8, 4) is 0 Å². The van der Waals surface area contributed by atoms with Gasteiger partial charge in [0.25, 0.3) is 0 Å². The summed E-state index contributed by atoms with van der Waals surface area (Å²) in [5.41, 5.74) is -3.79. The second kappa shape index (κ2) is 81.3. The number of alkyl halides is 1. The fourth-order valence-corrected chi connectivity index (χ4v) is 11.9. The zero-order valence-electron chi connectivity index (χ0n) is 69.7. The Morgan fingerprint density at radius 1 is 0.325 bits per heavy atom. The molecule has 0 heterocycles. The Kier molecular flexibility index (Phi) is 83.2. The van der Waals surface area contributed by atoms with E-state index >= 15 is 0 Å². The molecule has 0 amide bonds. The van der Waals surface area contributed by atoms with Crippen LogP contribution in [0.5, 0.6) is 0 Å². The van der Waals surface area contributed by atoms with Crippen LogP contribution in [0.2, 0.25) is 0 Å². The van der Waals surface area contributed by atoms with Gasteiger partial charge in [-0.15, -0.1) is 25.8 Å². The minimum absolute atomic E-state index is 0. The smallest absolute Gasteiger partial charge is 1.00 e. The predicted octanol–water partition coefficient (Wildman–Crippen LogP) is 24.1. The molecule has 4 aromatic rings. The second-order valence-corrected chi connectivity index (χ2v) is 29.6. The minimum Gasteiger partial charge on any atom is -1.00 e. The molecule has 0 saturated heterocycles. The van der Waals surface area contributed by atoms with Crippen molar-refractivity contribution in [2.75, 3.05) is 90.8 Å². The van der Waals surface area contributed by atoms with Gasteiger partial charge < -0.3 is 39.7 Å². The minimum atomic E-state index is -2.18. The fraction of sp³-hybridized carbons (Fsp3) is 0.647. The van der Waals surface area contributed by atoms with Gasteiger partial charge in [-0.25, -0.2) is 87.8 Å². The number of ether oxygens (including phenoxy) is 7. The summed E-state index contributed by atoms with van der Waals surface area (Å²) in [5.74, 6) is -37.2. The van der Waals surface area contributed by atoms with E-state index in [4.69, 9.17) is 38.3 Å². The van der Waals surface area contributed by atoms with Crippen LogP contribution in [0.3, 0.4) is 0 Å². The second-order valence-electron chi connectivity index (χ2n) is 26.7. The molecule has 0 aliphatic carbocycles. The molecular formula is C85H124BrF20NaO10S3. The van der Waals surface area contributed by atoms with Crippen LogP contribution in [-0.2, 0) is 67.9 Å². The molecule has 0 aliphatic heterocycles. The Hall–Kier alpha value is -3.49. The van der Waals surface area contributed by atoms with Gasteiger partial charge in [-0.05, 0) is 70.0 Å². The molecule has 0 unspecified atom stereocenters. The molecule has 0 fully saturated rings. The Morgan fingerprint density at radius 3 is 0.733 bits per heavy atom. The van der Waals surface area contributed by atoms with Crippen molar-refractivity contribution in [3.63, 3.8) is 0 Å². The van der Waals surface area contributed by atoms with Crippen molar-refractivity contribution in [2.24, 2.45) is 0 Å². The molecule has 0 bridgehead atoms. The first-order valence-corrected chi connectivity index (χ1v) is 43.1. The van der Waals surface area contributed by atoms with E-state index in [1.54, 1.807) is 6.92 Å². The molecule has 10 nitrogen and oxygen atoms in total. The van der Waals surface area contributed by atoms with E-state index in [1.165, 1.54) is 154 Å². The monoisotopic (exact) mass is 1880 g/mol. The molecule has 0 spiro atoms. The molecular weight excluding hydrogens is 1760 g/mol. The van der Waals surface area contributed by atoms with Crippen LogP contribution in [0.15, 0.2) is 25.3 Å². The maximum Gasteiger partial charge on any atom is 1.00 e. The number of thiol groups is 2. The van der Waals surface area contributed by atoms with Crippen molar-refractivity contribution in [1.82, 2.24) is 0 Å². The number of carbonyl (C=O) groups excluding carboxylic acids is 2. The van der Waals surface area contributed by atoms with E-state index in [0.29, 0.717) is 26.4 Å². The van der Waals surface area contributed by atoms with Gasteiger partial charge in [0.15, 0.2) is 103 Å². The first-order valence-electron chi connectivity index (χ1n) is 39.9. The van der Waals surface area contributed by atoms with Crippen LogP contribution in [0.1, 0.15) is 263 Å². The molecule has 35 heteroatoms. The zero-order chi connectivity index (χ0) is 88.9. The number of carbonyl (C=O) groups is 2. The number of rotatable bonds is 61. The van der Waals surface area contributed by atoms with E-state index in [2.05, 4.69) is 54.3 Å². The van der Waals surface area contributed by atoms with Crippen molar-refractivity contribution in [2.45, 2.75) is 265 Å². The zero-order valence-corrected chi connectivity index (χ0v) is 74.9. The van der Waals surface area contributed by atoms with Crippen LogP contribution in [0.4, 0.5) is 87.8 Å². The van der Waals surface area contributed by atoms with Gasteiger partial charge in [-0.1, -0.05) is 201 Å². The quantitative estimate of drug-likeness (QED) is 0.00573. The Bertz CT molecular complexity index is 3240. The van der Waals surface area contributed by atoms with Crippen molar-refractivity contribution in [3.05, 3.63) is 164 Å². The molecule has 0 aromatic heterocycles. The normalized spacial score (nSPS) is 10.8. The molecule has 1 N–H and O–H groups in total. The van der Waals surface area contributed by atoms with Gasteiger partial charge in [-0.2, -0.15) is 12.6 Å². The van der Waals surface area contributed by atoms with Crippen LogP contribution in [-0.4, -0.2) is 106 Å². The molecule has 0 saturated carbocycles. The largest absolute Gasteiger partial charge is 1.00 e. The third-order valence-electron chi connectivity index (χ3n) is 17.0. The van der Waals surface area contributed by atoms with Crippen LogP contribution in [0, 0.1) is 116 Å². The van der Waals surface area contributed by atoms with E-state index in [0.717, 1.165) is 102 Å². The molecule has 690 valence electrons. The van der Waals surface area contributed by atoms with Crippen LogP contribution >= 0.6 is 52.9 Å². The summed E-state index contributed by atoms with van der Waals surface area (Å²) in [4.78, 5) is 20.1. The van der Waals surface area contributed by atoms with E-state index < -0.39 is 164 Å². The predicted molar refractivity (Wildman–Crippen MR) is 439 cm³/mol. The number of allylic oxidation sites excluding steroid dienone is 2. The maximum atomic E-state index is 13.5. The van der Waals surface area contributed by atoms with Crippen molar-refractivity contribution in [1.29, 1.82) is 0 Å². The summed E-state index contributed by atoms with van der Waals surface area (Å²) in [6, 6.07) is 0. The molecule has 0 atom stereocenters. The molecule has 120 heavy (non-hydrogen) atoms. The summed E-state index contributed by atoms with van der Waals surface area (Å²) in [7, 11) is 0. The summed E-state index contributed by atoms with van der Waals surface area (Å²) >= 11 is 11.5. The molecule has 4 aromatic carbocycles. The van der Waals surface area contributed by atoms with Crippen molar-refractivity contribution < 1.29 is 167 Å². The van der Waals surface area contributed by atoms with Gasteiger partial charge >= 0.3 is 29.6 Å². The van der Waals surface area contributed by atoms with Gasteiger partial charge in [-0.3, -0.25) is 9.59 Å². The number of benzene rings is 4. The SMILES string of the molecule is C.C=CCCCCCCCCCOCCO.C=CCCCCCCCCCOCCOCc1c(F)c(F)c(F)c(F)c1F.CC(=O)S.CC(=O)SCCCCCCCCCCCOCCOCc1c(F)c(F)c(F)c(F)c1F.Fc1c(F)c(F)c(CBr)c(F)c1F.Fc1c(F)c(F)c(COCCOCCCCCCCCCCCS)c(F)c1F.[H-].[Na+]. The summed E-state index contributed by atoms with van der Waals surface area (Å²) < 4.78 is 296. The van der Waals surface area contributed by atoms with E-state index in [1.807, 2.05) is 12.2 Å². The number of unbranched alkanes of at least 4 members (excludes halogenated alkanes) is 30. The summed E-state index contributed by atoms with van der Waals surface area (Å²) in [6.45, 7) is 11.9. The number of hydrogen-bond acceptors (Lipinski definition) is 12. The molecule has 0 radical (unpaired) electrons. The number of hydrogen-bond donors (Lipinski definition) is 3. The number of thioether (sulfide) groups is 1. The van der Waals surface area contributed by atoms with Gasteiger partial charge in [0.1, 0.15) is 0 Å². The van der Waals surface area contributed by atoms with Gasteiger partial charge in [0.2, 0.25) is 23.3 Å². The Morgan fingerprint density at radius 2 is 0.517 bits per heavy atom. The number of halogens is 21. The Balaban J connectivity index is -0.000000468. The standard InChI is InChI=1S/C22H31F5O3S.C20H29F5O2S.C20H27F5O2.C13H26O2.C7H2BrF5.C2H4OS.CH4.Na.H/c1-16(28)31-14-10-8-6-4-2-3-5-7-9-11-29-12-13-30-15-17-18(23)20(25)22(27)21(26)19(17)24;21-16-15(17(22)19(24)20(25)18(16)23)14-27-12-11-26-10-8-6-4-2-1-3-5-7-9-13-28;1-2-3-4-5-6-7-8-9-10-11-26-12-13-27-14-15-16(21)18(23)20(25)19(24)17(15)22;1-2-3-4-5-6-7-8-9-10-12-15-13-11-14;8-1-2-3(9)5(11)7(13)6(12)4(2)10;1-2(3)4;;;/h2-15H2,1H3;28H,1-14H2;2H,1,3-14H2;2,14H,1,3-13H2;1H2;1H3,(H,3,4);1H4;;/q;;;;;;;+1;-1. The van der Waals surface area contributed by atoms with Crippen molar-refractivity contribution >= 4 is 63.2 Å². The fourth-order valence-electron chi connectivity index (χ4n) is 10.5. The molecule has 4 rings (SSSR count). The summed E-state index contributed by atoms with van der Waals surface area (Å²) in [5, 5.41) is 8.09. The number of aliphatic hydroxyl groups is 1. The van der Waals surface area contributed by atoms with Crippen LogP contribution in [0.25, 0.3) is 0 Å². The van der Waals surface area contributed by atoms with Gasteiger partial charge in [0.05, 0.1) is 89.4 Å². The van der Waals surface area contributed by atoms with E-state index in [9.17, 15) is 97.4 Å². The number of aliphatic hydroxyl groups excluding tert-OH is 1. The topological polar surface area (TPSA) is 119 Å². The van der Waals surface area contributed by atoms with E-state index in [-0.39, 0.29) is 94.9 Å². The first-order chi connectivity index (χ1) is 56.5. The average Bonchev–Trinajstić information content (AvgIpc) is 0.822.